The van der Waals surface area contributed by atoms with Gasteiger partial charge in [-0.1, -0.05) is 19.3 Å². The van der Waals surface area contributed by atoms with E-state index in [1.54, 1.807) is 6.33 Å². The Balaban J connectivity index is 1.79. The average molecular weight is 238 g/mol. The van der Waals surface area contributed by atoms with Gasteiger partial charge in [0.25, 0.3) is 0 Å². The van der Waals surface area contributed by atoms with Gasteiger partial charge in [-0.2, -0.15) is 5.10 Å². The summed E-state index contributed by atoms with van der Waals surface area (Å²) in [5, 5.41) is 4.11. The predicted octanol–water partition coefficient (Wildman–Crippen LogP) is 1.48. The molecule has 5 heteroatoms. The zero-order valence-corrected chi connectivity index (χ0v) is 10.6. The minimum absolute atomic E-state index is 0.116. The summed E-state index contributed by atoms with van der Waals surface area (Å²) in [4.78, 5) is 4.18. The minimum Gasteiger partial charge on any atom is -0.372 e. The summed E-state index contributed by atoms with van der Waals surface area (Å²) < 4.78 is 7.57. The summed E-state index contributed by atoms with van der Waals surface area (Å²) >= 11 is 0. The van der Waals surface area contributed by atoms with Crippen molar-refractivity contribution in [3.8, 4) is 0 Å². The number of hydrogen-bond acceptors (Lipinski definition) is 4. The van der Waals surface area contributed by atoms with Crippen LogP contribution in [0.4, 0.5) is 0 Å². The molecule has 2 N–H and O–H groups in total. The van der Waals surface area contributed by atoms with Gasteiger partial charge in [0.05, 0.1) is 6.61 Å². The number of aromatic nitrogens is 3. The molecule has 0 bridgehead atoms. The lowest BCUT2D eigenvalue weighted by Gasteiger charge is -2.32. The van der Waals surface area contributed by atoms with E-state index >= 15 is 0 Å². The van der Waals surface area contributed by atoms with Gasteiger partial charge in [-0.05, 0) is 19.8 Å². The van der Waals surface area contributed by atoms with Crippen molar-refractivity contribution in [2.45, 2.75) is 57.7 Å². The molecule has 0 amide bonds. The molecule has 1 aliphatic rings. The van der Waals surface area contributed by atoms with Gasteiger partial charge < -0.3 is 10.5 Å². The highest BCUT2D eigenvalue weighted by Gasteiger charge is 2.27. The van der Waals surface area contributed by atoms with Gasteiger partial charge in [0.15, 0.2) is 5.82 Å². The Morgan fingerprint density at radius 1 is 1.41 bits per heavy atom. The summed E-state index contributed by atoms with van der Waals surface area (Å²) in [6.07, 6.45) is 7.49. The molecule has 0 atom stereocenters. The van der Waals surface area contributed by atoms with Gasteiger partial charge >= 0.3 is 0 Å². The topological polar surface area (TPSA) is 66.0 Å². The fourth-order valence-corrected chi connectivity index (χ4v) is 2.41. The molecule has 0 radical (unpaired) electrons. The minimum atomic E-state index is -0.116. The third-order valence-corrected chi connectivity index (χ3v) is 3.47. The molecule has 0 spiro atoms. The van der Waals surface area contributed by atoms with Crippen LogP contribution in [0, 0.1) is 0 Å². The van der Waals surface area contributed by atoms with Crippen molar-refractivity contribution < 1.29 is 4.74 Å². The molecule has 0 saturated heterocycles. The normalized spacial score (nSPS) is 19.4. The van der Waals surface area contributed by atoms with Crippen molar-refractivity contribution >= 4 is 0 Å². The summed E-state index contributed by atoms with van der Waals surface area (Å²) in [6.45, 7) is 4.01. The first-order valence-electron chi connectivity index (χ1n) is 6.47. The largest absolute Gasteiger partial charge is 0.372 e. The molecule has 5 nitrogen and oxygen atoms in total. The monoisotopic (exact) mass is 238 g/mol. The maximum Gasteiger partial charge on any atom is 0.152 e. The molecular weight excluding hydrogens is 216 g/mol. The van der Waals surface area contributed by atoms with Crippen LogP contribution in [0.2, 0.25) is 0 Å². The molecular formula is C12H22N4O. The molecule has 1 heterocycles. The Morgan fingerprint density at radius 2 is 2.18 bits per heavy atom. The Hall–Kier alpha value is -0.940. The lowest BCUT2D eigenvalue weighted by molar-refractivity contribution is 0.0522. The number of hydrogen-bond donors (Lipinski definition) is 1. The van der Waals surface area contributed by atoms with Gasteiger partial charge in [0.2, 0.25) is 0 Å². The lowest BCUT2D eigenvalue weighted by atomic mass is 9.83. The van der Waals surface area contributed by atoms with E-state index in [4.69, 9.17) is 10.5 Å². The molecule has 0 aliphatic heterocycles. The fraction of sp³-hybridized carbons (Fsp3) is 0.833. The number of rotatable bonds is 5. The molecule has 1 saturated carbocycles. The molecule has 1 aromatic rings. The van der Waals surface area contributed by atoms with Crippen molar-refractivity contribution in [2.24, 2.45) is 5.73 Å². The van der Waals surface area contributed by atoms with Crippen LogP contribution < -0.4 is 5.73 Å². The van der Waals surface area contributed by atoms with Gasteiger partial charge in [0, 0.05) is 12.1 Å². The molecule has 1 aromatic heterocycles. The van der Waals surface area contributed by atoms with Crippen LogP contribution in [0.1, 0.15) is 44.9 Å². The molecule has 0 aromatic carbocycles. The Labute approximate surface area is 102 Å². The number of aryl methyl sites for hydroxylation is 1. The van der Waals surface area contributed by atoms with Crippen molar-refractivity contribution in [1.29, 1.82) is 0 Å². The first-order valence-corrected chi connectivity index (χ1v) is 6.47. The Bertz CT molecular complexity index is 344. The van der Waals surface area contributed by atoms with Crippen LogP contribution in [-0.2, 0) is 17.9 Å². The maximum absolute atomic E-state index is 6.30. The summed E-state index contributed by atoms with van der Waals surface area (Å²) in [6, 6.07) is 0. The third kappa shape index (κ3) is 3.26. The highest BCUT2D eigenvalue weighted by atomic mass is 16.5. The Kier molecular flexibility index (Phi) is 4.12. The van der Waals surface area contributed by atoms with Gasteiger partial charge in [-0.25, -0.2) is 9.67 Å². The van der Waals surface area contributed by atoms with E-state index in [1.807, 2.05) is 11.6 Å². The van der Waals surface area contributed by atoms with Crippen LogP contribution in [-0.4, -0.2) is 26.9 Å². The number of ether oxygens (including phenoxy) is 1. The van der Waals surface area contributed by atoms with E-state index in [0.717, 1.165) is 25.2 Å². The van der Waals surface area contributed by atoms with E-state index in [0.29, 0.717) is 13.2 Å². The van der Waals surface area contributed by atoms with Crippen LogP contribution in [0.25, 0.3) is 0 Å². The summed E-state index contributed by atoms with van der Waals surface area (Å²) in [5.41, 5.74) is 6.19. The van der Waals surface area contributed by atoms with Crippen molar-refractivity contribution in [2.75, 3.05) is 6.61 Å². The molecule has 2 rings (SSSR count). The summed E-state index contributed by atoms with van der Waals surface area (Å²) in [5.74, 6) is 0.881. The lowest BCUT2D eigenvalue weighted by Crippen LogP contribution is -2.46. The second-order valence-electron chi connectivity index (χ2n) is 4.91. The van der Waals surface area contributed by atoms with Crippen molar-refractivity contribution in [3.05, 3.63) is 12.2 Å². The molecule has 1 aliphatic carbocycles. The van der Waals surface area contributed by atoms with E-state index in [9.17, 15) is 0 Å². The van der Waals surface area contributed by atoms with Crippen molar-refractivity contribution in [3.63, 3.8) is 0 Å². The molecule has 96 valence electrons. The first kappa shape index (κ1) is 12.5. The molecule has 17 heavy (non-hydrogen) atoms. The zero-order valence-electron chi connectivity index (χ0n) is 10.6. The fourth-order valence-electron chi connectivity index (χ4n) is 2.41. The second-order valence-corrected chi connectivity index (χ2v) is 4.91. The van der Waals surface area contributed by atoms with E-state index in [2.05, 4.69) is 10.1 Å². The predicted molar refractivity (Wildman–Crippen MR) is 65.4 cm³/mol. The van der Waals surface area contributed by atoms with Gasteiger partial charge in [-0.15, -0.1) is 0 Å². The average Bonchev–Trinajstić information content (AvgIpc) is 2.77. The van der Waals surface area contributed by atoms with Crippen molar-refractivity contribution in [1.82, 2.24) is 14.8 Å². The first-order chi connectivity index (χ1) is 8.23. The smallest absolute Gasteiger partial charge is 0.152 e. The summed E-state index contributed by atoms with van der Waals surface area (Å²) in [7, 11) is 0. The molecule has 0 unspecified atom stereocenters. The zero-order chi connectivity index (χ0) is 12.1. The van der Waals surface area contributed by atoms with Crippen LogP contribution >= 0.6 is 0 Å². The maximum atomic E-state index is 6.30. The van der Waals surface area contributed by atoms with Crippen LogP contribution in [0.5, 0.6) is 0 Å². The number of nitrogens with zero attached hydrogens (tertiary/aromatic N) is 3. The standard InChI is InChI=1S/C12H22N4O/c1-2-16-11(14-10-15-16)8-17-9-12(13)6-4-3-5-7-12/h10H,2-9,13H2,1H3. The van der Waals surface area contributed by atoms with E-state index in [-0.39, 0.29) is 5.54 Å². The van der Waals surface area contributed by atoms with E-state index in [1.165, 1.54) is 19.3 Å². The van der Waals surface area contributed by atoms with Crippen LogP contribution in [0.15, 0.2) is 6.33 Å². The molecule has 1 fully saturated rings. The SMILES string of the molecule is CCn1ncnc1COCC1(N)CCCCC1. The second kappa shape index (κ2) is 5.60. The highest BCUT2D eigenvalue weighted by molar-refractivity contribution is 4.88. The Morgan fingerprint density at radius 3 is 2.88 bits per heavy atom. The van der Waals surface area contributed by atoms with Crippen LogP contribution in [0.3, 0.4) is 0 Å². The van der Waals surface area contributed by atoms with E-state index < -0.39 is 0 Å². The quantitative estimate of drug-likeness (QED) is 0.843. The third-order valence-electron chi connectivity index (χ3n) is 3.47. The van der Waals surface area contributed by atoms with Gasteiger partial charge in [-0.3, -0.25) is 0 Å². The highest BCUT2D eigenvalue weighted by Crippen LogP contribution is 2.26. The number of nitrogens with two attached hydrogens (primary N) is 1. The van der Waals surface area contributed by atoms with Gasteiger partial charge in [0.1, 0.15) is 12.9 Å².